The lowest BCUT2D eigenvalue weighted by Crippen LogP contribution is -2.21. The number of aromatic nitrogens is 2. The van der Waals surface area contributed by atoms with Crippen LogP contribution in [0.2, 0.25) is 0 Å². The first-order chi connectivity index (χ1) is 7.69. The number of hydrogen-bond acceptors (Lipinski definition) is 3. The minimum Gasteiger partial charge on any atom is -0.243 e. The second-order valence-electron chi connectivity index (χ2n) is 6.65. The second-order valence-corrected chi connectivity index (χ2v) is 6.65. The summed E-state index contributed by atoms with van der Waals surface area (Å²) in [5.41, 5.74) is 4.48. The summed E-state index contributed by atoms with van der Waals surface area (Å²) in [5.74, 6) is 0. The van der Waals surface area contributed by atoms with E-state index >= 15 is 0 Å². The summed E-state index contributed by atoms with van der Waals surface area (Å²) < 4.78 is 4.80. The van der Waals surface area contributed by atoms with Crippen LogP contribution >= 0.6 is 0 Å². The zero-order valence-electron chi connectivity index (χ0n) is 11.5. The van der Waals surface area contributed by atoms with E-state index in [-0.39, 0.29) is 10.8 Å². The third-order valence-corrected chi connectivity index (χ3v) is 3.01. The molecule has 0 bridgehead atoms. The fourth-order valence-electron chi connectivity index (χ4n) is 2.07. The van der Waals surface area contributed by atoms with Crippen LogP contribution in [-0.4, -0.2) is 10.3 Å². The van der Waals surface area contributed by atoms with Gasteiger partial charge in [-0.15, -0.1) is 0 Å². The molecule has 3 nitrogen and oxygen atoms in total. The maximum absolute atomic E-state index is 4.80. The Bertz CT molecular complexity index is 493. The molecule has 0 saturated carbocycles. The van der Waals surface area contributed by atoms with Gasteiger partial charge in [-0.3, -0.25) is 0 Å². The Morgan fingerprint density at radius 3 is 1.41 bits per heavy atom. The van der Waals surface area contributed by atoms with Crippen molar-refractivity contribution in [3.8, 4) is 0 Å². The minimum atomic E-state index is 0.0930. The summed E-state index contributed by atoms with van der Waals surface area (Å²) in [6.07, 6.45) is 0. The highest BCUT2D eigenvalue weighted by molar-refractivity contribution is 5.76. The molecule has 1 aromatic heterocycles. The molecule has 0 radical (unpaired) electrons. The third-order valence-electron chi connectivity index (χ3n) is 3.01. The van der Waals surface area contributed by atoms with Gasteiger partial charge >= 0.3 is 0 Å². The molecule has 0 aliphatic carbocycles. The van der Waals surface area contributed by atoms with Crippen molar-refractivity contribution in [3.05, 3.63) is 23.3 Å². The normalized spacial score (nSPS) is 13.3. The van der Waals surface area contributed by atoms with Crippen molar-refractivity contribution in [2.24, 2.45) is 0 Å². The SMILES string of the molecule is CC(C)(C)c1cc2nonc2cc1C(C)(C)C. The third kappa shape index (κ3) is 2.19. The molecule has 0 unspecified atom stereocenters. The van der Waals surface area contributed by atoms with Gasteiger partial charge in [-0.2, -0.15) is 0 Å². The maximum atomic E-state index is 4.80. The van der Waals surface area contributed by atoms with Gasteiger partial charge in [-0.25, -0.2) is 4.63 Å². The second kappa shape index (κ2) is 3.56. The zero-order valence-corrected chi connectivity index (χ0v) is 11.5. The highest BCUT2D eigenvalue weighted by Gasteiger charge is 2.26. The van der Waals surface area contributed by atoms with Gasteiger partial charge in [0, 0.05) is 0 Å². The molecule has 92 valence electrons. The zero-order chi connectivity index (χ0) is 12.8. The molecule has 0 aliphatic rings. The van der Waals surface area contributed by atoms with Crippen LogP contribution in [0, 0.1) is 0 Å². The summed E-state index contributed by atoms with van der Waals surface area (Å²) >= 11 is 0. The fraction of sp³-hybridized carbons (Fsp3) is 0.571. The molecule has 1 heterocycles. The number of nitrogens with zero attached hydrogens (tertiary/aromatic N) is 2. The first-order valence-electron chi connectivity index (χ1n) is 5.97. The van der Waals surface area contributed by atoms with Crippen molar-refractivity contribution in [3.63, 3.8) is 0 Å². The molecule has 3 heteroatoms. The van der Waals surface area contributed by atoms with Crippen molar-refractivity contribution in [1.29, 1.82) is 0 Å². The van der Waals surface area contributed by atoms with E-state index in [4.69, 9.17) is 4.63 Å². The molecule has 2 aromatic rings. The van der Waals surface area contributed by atoms with E-state index in [0.717, 1.165) is 11.0 Å². The number of fused-ring (bicyclic) bond motifs is 1. The van der Waals surface area contributed by atoms with E-state index in [1.165, 1.54) is 11.1 Å². The molecule has 0 spiro atoms. The van der Waals surface area contributed by atoms with Crippen LogP contribution in [0.3, 0.4) is 0 Å². The lowest BCUT2D eigenvalue weighted by molar-refractivity contribution is 0.315. The molecule has 0 aliphatic heterocycles. The summed E-state index contributed by atoms with van der Waals surface area (Å²) in [5, 5.41) is 7.86. The predicted octanol–water partition coefficient (Wildman–Crippen LogP) is 3.82. The number of benzene rings is 1. The highest BCUT2D eigenvalue weighted by Crippen LogP contribution is 2.35. The van der Waals surface area contributed by atoms with E-state index < -0.39 is 0 Å². The van der Waals surface area contributed by atoms with Crippen molar-refractivity contribution in [2.75, 3.05) is 0 Å². The quantitative estimate of drug-likeness (QED) is 0.693. The van der Waals surface area contributed by atoms with Gasteiger partial charge in [0.1, 0.15) is 11.0 Å². The van der Waals surface area contributed by atoms with Crippen molar-refractivity contribution in [1.82, 2.24) is 10.3 Å². The Hall–Kier alpha value is -1.38. The largest absolute Gasteiger partial charge is 0.243 e. The van der Waals surface area contributed by atoms with Crippen molar-refractivity contribution >= 4 is 11.0 Å². The Kier molecular flexibility index (Phi) is 2.53. The van der Waals surface area contributed by atoms with Gasteiger partial charge in [0.25, 0.3) is 0 Å². The van der Waals surface area contributed by atoms with E-state index in [0.29, 0.717) is 0 Å². The minimum absolute atomic E-state index is 0.0930. The number of rotatable bonds is 0. The van der Waals surface area contributed by atoms with Gasteiger partial charge in [0.15, 0.2) is 0 Å². The van der Waals surface area contributed by atoms with Gasteiger partial charge < -0.3 is 0 Å². The number of hydrogen-bond donors (Lipinski definition) is 0. The first kappa shape index (κ1) is 12.1. The maximum Gasteiger partial charge on any atom is 0.135 e. The first-order valence-corrected chi connectivity index (χ1v) is 5.97. The Morgan fingerprint density at radius 2 is 1.12 bits per heavy atom. The van der Waals surface area contributed by atoms with E-state index in [2.05, 4.69) is 64.0 Å². The van der Waals surface area contributed by atoms with Crippen LogP contribution in [0.25, 0.3) is 11.0 Å². The van der Waals surface area contributed by atoms with Crippen LogP contribution in [0.15, 0.2) is 16.8 Å². The summed E-state index contributed by atoms with van der Waals surface area (Å²) in [7, 11) is 0. The molecule has 0 saturated heterocycles. The lowest BCUT2D eigenvalue weighted by Gasteiger charge is -2.29. The average molecular weight is 232 g/mol. The van der Waals surface area contributed by atoms with Crippen LogP contribution in [0.5, 0.6) is 0 Å². The highest BCUT2D eigenvalue weighted by atomic mass is 16.6. The molecular formula is C14H20N2O. The summed E-state index contributed by atoms with van der Waals surface area (Å²) in [6.45, 7) is 13.3. The molecule has 0 amide bonds. The Balaban J connectivity index is 2.78. The average Bonchev–Trinajstić information content (AvgIpc) is 2.59. The smallest absolute Gasteiger partial charge is 0.135 e. The molecule has 0 fully saturated rings. The Labute approximate surface area is 102 Å². The van der Waals surface area contributed by atoms with Gasteiger partial charge in [0.05, 0.1) is 0 Å². The molecule has 17 heavy (non-hydrogen) atoms. The topological polar surface area (TPSA) is 38.9 Å². The van der Waals surface area contributed by atoms with Gasteiger partial charge in [0.2, 0.25) is 0 Å². The monoisotopic (exact) mass is 232 g/mol. The van der Waals surface area contributed by atoms with Crippen LogP contribution in [0.1, 0.15) is 52.7 Å². The summed E-state index contributed by atoms with van der Waals surface area (Å²) in [4.78, 5) is 0. The predicted molar refractivity (Wildman–Crippen MR) is 69.2 cm³/mol. The van der Waals surface area contributed by atoms with E-state index in [1.807, 2.05) is 0 Å². The lowest BCUT2D eigenvalue weighted by atomic mass is 9.75. The fourth-order valence-corrected chi connectivity index (χ4v) is 2.07. The van der Waals surface area contributed by atoms with Crippen molar-refractivity contribution in [2.45, 2.75) is 52.4 Å². The Morgan fingerprint density at radius 1 is 0.765 bits per heavy atom. The molecular weight excluding hydrogens is 212 g/mol. The van der Waals surface area contributed by atoms with Crippen LogP contribution in [0.4, 0.5) is 0 Å². The van der Waals surface area contributed by atoms with Crippen molar-refractivity contribution < 1.29 is 4.63 Å². The van der Waals surface area contributed by atoms with Gasteiger partial charge in [-0.05, 0) is 44.4 Å². The van der Waals surface area contributed by atoms with Crippen LogP contribution < -0.4 is 0 Å². The molecule has 0 N–H and O–H groups in total. The van der Waals surface area contributed by atoms with Crippen LogP contribution in [-0.2, 0) is 10.8 Å². The van der Waals surface area contributed by atoms with E-state index in [1.54, 1.807) is 0 Å². The standard InChI is InChI=1S/C14H20N2O/c1-13(2,3)9-7-11-12(16-17-15-11)8-10(9)14(4,5)6/h7-8H,1-6H3. The van der Waals surface area contributed by atoms with Gasteiger partial charge in [-0.1, -0.05) is 41.5 Å². The molecule has 1 aromatic carbocycles. The molecule has 2 rings (SSSR count). The molecule has 0 atom stereocenters. The van der Waals surface area contributed by atoms with E-state index in [9.17, 15) is 0 Å². The summed E-state index contributed by atoms with van der Waals surface area (Å²) in [6, 6.07) is 4.21.